The number of halogens is 1. The summed E-state index contributed by atoms with van der Waals surface area (Å²) in [5, 5.41) is 19.1. The molecule has 0 saturated carbocycles. The summed E-state index contributed by atoms with van der Waals surface area (Å²) in [6, 6.07) is 2.19. The minimum Gasteiger partial charge on any atom is -0.490 e. The monoisotopic (exact) mass is 424 g/mol. The van der Waals surface area contributed by atoms with E-state index in [4.69, 9.17) is 19.7 Å². The molecule has 1 atom stereocenters. The Balaban J connectivity index is 0.000000343. The molecule has 3 rings (SSSR count). The van der Waals surface area contributed by atoms with Crippen molar-refractivity contribution in [3.8, 4) is 5.75 Å². The van der Waals surface area contributed by atoms with Gasteiger partial charge >= 0.3 is 11.9 Å². The second kappa shape index (κ2) is 11.5. The van der Waals surface area contributed by atoms with Crippen LogP contribution in [0.4, 0.5) is 10.1 Å². The summed E-state index contributed by atoms with van der Waals surface area (Å²) in [5.74, 6) is -1.57. The van der Waals surface area contributed by atoms with Crippen LogP contribution in [-0.2, 0) is 27.2 Å². The zero-order valence-corrected chi connectivity index (χ0v) is 17.3. The van der Waals surface area contributed by atoms with Crippen molar-refractivity contribution in [2.75, 3.05) is 51.5 Å². The first-order chi connectivity index (χ1) is 14.4. The molecule has 0 aromatic heterocycles. The highest BCUT2D eigenvalue weighted by Gasteiger charge is 2.26. The lowest BCUT2D eigenvalue weighted by Crippen LogP contribution is -2.40. The molecule has 166 valence electrons. The Bertz CT molecular complexity index is 763. The van der Waals surface area contributed by atoms with Gasteiger partial charge < -0.3 is 29.9 Å². The van der Waals surface area contributed by atoms with Gasteiger partial charge in [0.05, 0.1) is 12.2 Å². The Hall–Kier alpha value is -2.65. The Morgan fingerprint density at radius 2 is 1.97 bits per heavy atom. The Kier molecular flexibility index (Phi) is 9.07. The first-order valence-electron chi connectivity index (χ1n) is 9.83. The van der Waals surface area contributed by atoms with Crippen LogP contribution in [0.2, 0.25) is 0 Å². The number of anilines is 1. The van der Waals surface area contributed by atoms with E-state index in [2.05, 4.69) is 23.2 Å². The maximum atomic E-state index is 13.0. The third-order valence-corrected chi connectivity index (χ3v) is 5.09. The number of nitrogens with zero attached hydrogens (tertiary/aromatic N) is 1. The number of methoxy groups -OCH3 is 1. The lowest BCUT2D eigenvalue weighted by Gasteiger charge is -2.35. The van der Waals surface area contributed by atoms with E-state index in [1.165, 1.54) is 16.7 Å². The molecule has 0 bridgehead atoms. The number of ether oxygens (including phenoxy) is 2. The van der Waals surface area contributed by atoms with Gasteiger partial charge in [0.25, 0.3) is 0 Å². The van der Waals surface area contributed by atoms with Crippen LogP contribution in [0.15, 0.2) is 18.2 Å². The van der Waals surface area contributed by atoms with Gasteiger partial charge in [-0.3, -0.25) is 0 Å². The van der Waals surface area contributed by atoms with Gasteiger partial charge in [-0.2, -0.15) is 0 Å². The van der Waals surface area contributed by atoms with Gasteiger partial charge in [0, 0.05) is 25.8 Å². The van der Waals surface area contributed by atoms with Crippen LogP contribution < -0.4 is 15.0 Å². The van der Waals surface area contributed by atoms with Crippen LogP contribution in [0.5, 0.6) is 5.75 Å². The third kappa shape index (κ3) is 6.43. The van der Waals surface area contributed by atoms with Crippen LogP contribution in [-0.4, -0.2) is 74.8 Å². The average Bonchev–Trinajstić information content (AvgIpc) is 2.96. The van der Waals surface area contributed by atoms with Gasteiger partial charge in [0.15, 0.2) is 0 Å². The van der Waals surface area contributed by atoms with Gasteiger partial charge in [-0.15, -0.1) is 0 Å². The number of fused-ring (bicyclic) bond motifs is 2. The lowest BCUT2D eigenvalue weighted by molar-refractivity contribution is -0.134. The summed E-state index contributed by atoms with van der Waals surface area (Å²) >= 11 is 0. The molecule has 2 aliphatic heterocycles. The molecule has 0 unspecified atom stereocenters. The van der Waals surface area contributed by atoms with Crippen molar-refractivity contribution in [3.63, 3.8) is 0 Å². The van der Waals surface area contributed by atoms with Gasteiger partial charge in [-0.05, 0) is 55.6 Å². The Labute approximate surface area is 175 Å². The van der Waals surface area contributed by atoms with Crippen molar-refractivity contribution in [3.05, 3.63) is 34.9 Å². The molecule has 8 nitrogen and oxygen atoms in total. The van der Waals surface area contributed by atoms with Crippen molar-refractivity contribution < 1.29 is 33.7 Å². The fraction of sp³-hybridized carbons (Fsp3) is 0.524. The van der Waals surface area contributed by atoms with E-state index in [0.29, 0.717) is 25.3 Å². The summed E-state index contributed by atoms with van der Waals surface area (Å²) in [7, 11) is 1.57. The molecule has 1 aromatic rings. The highest BCUT2D eigenvalue weighted by atomic mass is 19.1. The number of rotatable bonds is 6. The number of aliphatic carboxylic acids is 2. The number of carboxylic acids is 2. The van der Waals surface area contributed by atoms with Crippen molar-refractivity contribution in [2.45, 2.75) is 25.9 Å². The first-order valence-corrected chi connectivity index (χ1v) is 9.83. The van der Waals surface area contributed by atoms with Crippen LogP contribution in [0, 0.1) is 6.92 Å². The molecule has 1 aromatic carbocycles. The fourth-order valence-electron chi connectivity index (χ4n) is 3.65. The summed E-state index contributed by atoms with van der Waals surface area (Å²) < 4.78 is 24.1. The molecule has 2 heterocycles. The Morgan fingerprint density at radius 1 is 1.30 bits per heavy atom. The average molecular weight is 424 g/mol. The topological polar surface area (TPSA) is 108 Å². The number of carbonyl (C=O) groups is 2. The molecule has 0 radical (unpaired) electrons. The van der Waals surface area contributed by atoms with E-state index in [1.807, 2.05) is 0 Å². The highest BCUT2D eigenvalue weighted by molar-refractivity contribution is 5.89. The van der Waals surface area contributed by atoms with Crippen molar-refractivity contribution in [1.29, 1.82) is 0 Å². The summed E-state index contributed by atoms with van der Waals surface area (Å²) in [5.41, 5.74) is 5.22. The lowest BCUT2D eigenvalue weighted by atomic mass is 9.94. The van der Waals surface area contributed by atoms with Gasteiger partial charge in [0.2, 0.25) is 0 Å². The molecule has 3 N–H and O–H groups in total. The van der Waals surface area contributed by atoms with E-state index in [9.17, 15) is 14.0 Å². The quantitative estimate of drug-likeness (QED) is 0.591. The Morgan fingerprint density at radius 3 is 2.57 bits per heavy atom. The number of carboxylic acid groups (broad SMARTS) is 2. The molecular weight excluding hydrogens is 395 g/mol. The van der Waals surface area contributed by atoms with Gasteiger partial charge in [-0.1, -0.05) is 0 Å². The zero-order valence-electron chi connectivity index (χ0n) is 17.3. The number of nitrogens with one attached hydrogen (secondary N) is 1. The summed E-state index contributed by atoms with van der Waals surface area (Å²) in [4.78, 5) is 21.3. The number of hydrogen-bond acceptors (Lipinski definition) is 6. The van der Waals surface area contributed by atoms with Crippen molar-refractivity contribution >= 4 is 17.6 Å². The molecule has 0 spiro atoms. The molecule has 0 saturated heterocycles. The summed E-state index contributed by atoms with van der Waals surface area (Å²) in [6.45, 7) is 5.73. The number of hydrogen-bond donors (Lipinski definition) is 3. The predicted molar refractivity (Wildman–Crippen MR) is 110 cm³/mol. The normalized spacial score (nSPS) is 16.4. The predicted octanol–water partition coefficient (Wildman–Crippen LogP) is 1.58. The molecule has 0 aliphatic carbocycles. The second-order valence-corrected chi connectivity index (χ2v) is 7.05. The van der Waals surface area contributed by atoms with Crippen molar-refractivity contribution in [2.24, 2.45) is 0 Å². The molecule has 2 aliphatic rings. The first kappa shape index (κ1) is 23.6. The third-order valence-electron chi connectivity index (χ3n) is 5.09. The fourth-order valence-corrected chi connectivity index (χ4v) is 3.65. The number of alkyl halides is 1. The van der Waals surface area contributed by atoms with E-state index < -0.39 is 18.6 Å². The van der Waals surface area contributed by atoms with Crippen LogP contribution in [0.1, 0.15) is 16.7 Å². The van der Waals surface area contributed by atoms with Gasteiger partial charge in [0.1, 0.15) is 25.1 Å². The van der Waals surface area contributed by atoms with Crippen LogP contribution >= 0.6 is 0 Å². The molecule has 9 heteroatoms. The summed E-state index contributed by atoms with van der Waals surface area (Å²) in [6.07, 6.45) is 2.81. The van der Waals surface area contributed by atoms with E-state index in [1.54, 1.807) is 7.11 Å². The van der Waals surface area contributed by atoms with E-state index >= 15 is 0 Å². The zero-order chi connectivity index (χ0) is 22.1. The SMILES string of the molecule is CO[C@H](CF)CN1CCOc2cc3c(c(C)c21)CCNCC3.O=C(O)/C=C/C(=O)O. The number of benzene rings is 1. The largest absolute Gasteiger partial charge is 0.490 e. The minimum atomic E-state index is -1.26. The standard InChI is InChI=1S/C17H25FN2O2.C4H4O4/c1-12-15-4-6-19-5-3-13(15)9-16-17(12)20(7-8-22-16)11-14(10-18)21-2;5-3(6)1-2-4(7)8/h9,14,19H,3-8,10-11H2,1-2H3;1-2H,(H,5,6)(H,7,8)/b;2-1+/t14-;/m1./s1. The van der Waals surface area contributed by atoms with E-state index in [-0.39, 0.29) is 6.10 Å². The second-order valence-electron chi connectivity index (χ2n) is 7.05. The smallest absolute Gasteiger partial charge is 0.328 e. The molecule has 0 amide bonds. The molecule has 30 heavy (non-hydrogen) atoms. The maximum absolute atomic E-state index is 13.0. The maximum Gasteiger partial charge on any atom is 0.328 e. The van der Waals surface area contributed by atoms with Crippen LogP contribution in [0.25, 0.3) is 0 Å². The van der Waals surface area contributed by atoms with Crippen LogP contribution in [0.3, 0.4) is 0 Å². The van der Waals surface area contributed by atoms with E-state index in [0.717, 1.165) is 43.9 Å². The minimum absolute atomic E-state index is 0.383. The highest BCUT2D eigenvalue weighted by Crippen LogP contribution is 2.39. The molecular formula is C21H29FN2O6. The van der Waals surface area contributed by atoms with Gasteiger partial charge in [-0.25, -0.2) is 14.0 Å². The van der Waals surface area contributed by atoms with Crippen molar-refractivity contribution in [1.82, 2.24) is 5.32 Å². The molecule has 0 fully saturated rings.